The summed E-state index contributed by atoms with van der Waals surface area (Å²) in [6, 6.07) is 0.573. The molecule has 1 aromatic heterocycles. The molecule has 1 N–H and O–H groups in total. The van der Waals surface area contributed by atoms with Crippen molar-refractivity contribution in [2.75, 3.05) is 6.54 Å². The van der Waals surface area contributed by atoms with Crippen LogP contribution in [0.4, 0.5) is 0 Å². The molecule has 0 atom stereocenters. The SMILES string of the molecule is CC(C)NCC1(Cc2cn(C)nn2)CC1. The van der Waals surface area contributed by atoms with Gasteiger partial charge in [0.2, 0.25) is 0 Å². The van der Waals surface area contributed by atoms with E-state index in [2.05, 4.69) is 29.5 Å². The van der Waals surface area contributed by atoms with Crippen molar-refractivity contribution in [1.29, 1.82) is 0 Å². The first-order valence-electron chi connectivity index (χ1n) is 5.68. The highest BCUT2D eigenvalue weighted by Crippen LogP contribution is 2.47. The fourth-order valence-corrected chi connectivity index (χ4v) is 1.87. The maximum absolute atomic E-state index is 4.15. The molecule has 1 fully saturated rings. The van der Waals surface area contributed by atoms with Crippen LogP contribution in [-0.2, 0) is 13.5 Å². The van der Waals surface area contributed by atoms with Crippen LogP contribution in [0, 0.1) is 5.41 Å². The molecule has 1 heterocycles. The van der Waals surface area contributed by atoms with E-state index >= 15 is 0 Å². The molecule has 1 saturated carbocycles. The van der Waals surface area contributed by atoms with E-state index in [0.29, 0.717) is 11.5 Å². The summed E-state index contributed by atoms with van der Waals surface area (Å²) in [6.07, 6.45) is 5.74. The number of hydrogen-bond acceptors (Lipinski definition) is 3. The molecule has 4 heteroatoms. The van der Waals surface area contributed by atoms with Gasteiger partial charge in [0.05, 0.1) is 5.69 Å². The number of nitrogens with zero attached hydrogens (tertiary/aromatic N) is 3. The first-order chi connectivity index (χ1) is 7.10. The van der Waals surface area contributed by atoms with E-state index in [-0.39, 0.29) is 0 Å². The van der Waals surface area contributed by atoms with Crippen molar-refractivity contribution in [2.45, 2.75) is 39.2 Å². The lowest BCUT2D eigenvalue weighted by Crippen LogP contribution is -2.31. The van der Waals surface area contributed by atoms with Crippen molar-refractivity contribution >= 4 is 0 Å². The van der Waals surface area contributed by atoms with Gasteiger partial charge in [0, 0.05) is 25.8 Å². The Bertz CT molecular complexity index is 325. The average Bonchev–Trinajstić information content (AvgIpc) is 2.81. The van der Waals surface area contributed by atoms with Gasteiger partial charge < -0.3 is 5.32 Å². The van der Waals surface area contributed by atoms with Crippen LogP contribution in [0.5, 0.6) is 0 Å². The second-order valence-corrected chi connectivity index (χ2v) is 5.10. The third kappa shape index (κ3) is 2.78. The van der Waals surface area contributed by atoms with E-state index in [0.717, 1.165) is 18.7 Å². The summed E-state index contributed by atoms with van der Waals surface area (Å²) in [7, 11) is 1.92. The second-order valence-electron chi connectivity index (χ2n) is 5.10. The Hall–Kier alpha value is -0.900. The first kappa shape index (κ1) is 10.6. The Labute approximate surface area is 91.1 Å². The number of aromatic nitrogens is 3. The fourth-order valence-electron chi connectivity index (χ4n) is 1.87. The lowest BCUT2D eigenvalue weighted by molar-refractivity contribution is 0.426. The molecular weight excluding hydrogens is 188 g/mol. The van der Waals surface area contributed by atoms with Gasteiger partial charge in [-0.15, -0.1) is 5.10 Å². The minimum atomic E-state index is 0.473. The van der Waals surface area contributed by atoms with Crippen molar-refractivity contribution < 1.29 is 0 Å². The molecule has 1 aromatic rings. The van der Waals surface area contributed by atoms with Gasteiger partial charge in [0.1, 0.15) is 0 Å². The normalized spacial score (nSPS) is 18.4. The Morgan fingerprint density at radius 3 is 2.73 bits per heavy atom. The summed E-state index contributed by atoms with van der Waals surface area (Å²) in [5.41, 5.74) is 1.60. The van der Waals surface area contributed by atoms with Crippen molar-refractivity contribution in [3.05, 3.63) is 11.9 Å². The molecule has 0 radical (unpaired) electrons. The van der Waals surface area contributed by atoms with Crippen LogP contribution in [0.1, 0.15) is 32.4 Å². The van der Waals surface area contributed by atoms with Gasteiger partial charge in [-0.25, -0.2) is 0 Å². The highest BCUT2D eigenvalue weighted by Gasteiger charge is 2.42. The lowest BCUT2D eigenvalue weighted by Gasteiger charge is -2.16. The van der Waals surface area contributed by atoms with Crippen LogP contribution in [0.15, 0.2) is 6.20 Å². The second kappa shape index (κ2) is 3.93. The molecule has 0 unspecified atom stereocenters. The third-order valence-electron chi connectivity index (χ3n) is 3.05. The van der Waals surface area contributed by atoms with Crippen molar-refractivity contribution in [3.63, 3.8) is 0 Å². The zero-order valence-electron chi connectivity index (χ0n) is 9.82. The topological polar surface area (TPSA) is 42.7 Å². The number of rotatable bonds is 5. The van der Waals surface area contributed by atoms with Crippen LogP contribution in [0.2, 0.25) is 0 Å². The van der Waals surface area contributed by atoms with Crippen LogP contribution in [-0.4, -0.2) is 27.6 Å². The smallest absolute Gasteiger partial charge is 0.0833 e. The van der Waals surface area contributed by atoms with E-state index in [1.807, 2.05) is 13.2 Å². The number of nitrogens with one attached hydrogen (secondary N) is 1. The highest BCUT2D eigenvalue weighted by atomic mass is 15.4. The van der Waals surface area contributed by atoms with E-state index in [1.165, 1.54) is 12.8 Å². The molecule has 1 aliphatic rings. The summed E-state index contributed by atoms with van der Waals surface area (Å²) in [5, 5.41) is 11.6. The zero-order valence-corrected chi connectivity index (χ0v) is 9.82. The van der Waals surface area contributed by atoms with Crippen LogP contribution >= 0.6 is 0 Å². The standard InChI is InChI=1S/C11H20N4/c1-9(2)12-8-11(4-5-11)6-10-7-15(3)14-13-10/h7,9,12H,4-6,8H2,1-3H3. The quantitative estimate of drug-likeness (QED) is 0.789. The minimum absolute atomic E-state index is 0.473. The van der Waals surface area contributed by atoms with Crippen LogP contribution in [0.25, 0.3) is 0 Å². The third-order valence-corrected chi connectivity index (χ3v) is 3.05. The molecule has 0 aromatic carbocycles. The molecule has 15 heavy (non-hydrogen) atoms. The average molecular weight is 208 g/mol. The van der Waals surface area contributed by atoms with E-state index in [4.69, 9.17) is 0 Å². The molecule has 0 saturated heterocycles. The Kier molecular flexibility index (Phi) is 2.78. The minimum Gasteiger partial charge on any atom is -0.314 e. The van der Waals surface area contributed by atoms with Gasteiger partial charge in [-0.3, -0.25) is 4.68 Å². The monoisotopic (exact) mass is 208 g/mol. The summed E-state index contributed by atoms with van der Waals surface area (Å²) in [4.78, 5) is 0. The molecule has 4 nitrogen and oxygen atoms in total. The predicted molar refractivity (Wildman–Crippen MR) is 59.5 cm³/mol. The van der Waals surface area contributed by atoms with E-state index in [9.17, 15) is 0 Å². The van der Waals surface area contributed by atoms with Crippen LogP contribution < -0.4 is 5.32 Å². The zero-order chi connectivity index (χ0) is 10.9. The lowest BCUT2D eigenvalue weighted by atomic mass is 10.0. The van der Waals surface area contributed by atoms with Gasteiger partial charge in [-0.05, 0) is 24.7 Å². The van der Waals surface area contributed by atoms with Gasteiger partial charge in [-0.1, -0.05) is 19.1 Å². The first-order valence-corrected chi connectivity index (χ1v) is 5.68. The van der Waals surface area contributed by atoms with Crippen LogP contribution in [0.3, 0.4) is 0 Å². The Balaban J connectivity index is 1.88. The fraction of sp³-hybridized carbons (Fsp3) is 0.818. The van der Waals surface area contributed by atoms with Gasteiger partial charge in [-0.2, -0.15) is 0 Å². The Morgan fingerprint density at radius 1 is 1.53 bits per heavy atom. The molecule has 1 aliphatic carbocycles. The Morgan fingerprint density at radius 2 is 2.27 bits per heavy atom. The maximum Gasteiger partial charge on any atom is 0.0833 e. The maximum atomic E-state index is 4.15. The summed E-state index contributed by atoms with van der Waals surface area (Å²) in [5.74, 6) is 0. The highest BCUT2D eigenvalue weighted by molar-refractivity contribution is 5.06. The van der Waals surface area contributed by atoms with Gasteiger partial charge >= 0.3 is 0 Å². The molecular formula is C11H20N4. The number of hydrogen-bond donors (Lipinski definition) is 1. The van der Waals surface area contributed by atoms with Crippen molar-refractivity contribution in [3.8, 4) is 0 Å². The predicted octanol–water partition coefficient (Wildman–Crippen LogP) is 1.14. The number of aryl methyl sites for hydroxylation is 1. The van der Waals surface area contributed by atoms with E-state index in [1.54, 1.807) is 4.68 Å². The molecule has 0 bridgehead atoms. The molecule has 0 aliphatic heterocycles. The molecule has 84 valence electrons. The summed E-state index contributed by atoms with van der Waals surface area (Å²) >= 11 is 0. The molecule has 0 spiro atoms. The van der Waals surface area contributed by atoms with Gasteiger partial charge in [0.25, 0.3) is 0 Å². The summed E-state index contributed by atoms with van der Waals surface area (Å²) in [6.45, 7) is 5.50. The largest absolute Gasteiger partial charge is 0.314 e. The van der Waals surface area contributed by atoms with E-state index < -0.39 is 0 Å². The van der Waals surface area contributed by atoms with Gasteiger partial charge in [0.15, 0.2) is 0 Å². The van der Waals surface area contributed by atoms with Crippen molar-refractivity contribution in [2.24, 2.45) is 12.5 Å². The van der Waals surface area contributed by atoms with Crippen molar-refractivity contribution in [1.82, 2.24) is 20.3 Å². The molecule has 0 amide bonds. The summed E-state index contributed by atoms with van der Waals surface area (Å²) < 4.78 is 1.78. The molecule has 2 rings (SSSR count).